The lowest BCUT2D eigenvalue weighted by atomic mass is 10.0. The van der Waals surface area contributed by atoms with E-state index in [2.05, 4.69) is 5.32 Å². The Bertz CT molecular complexity index is 548. The van der Waals surface area contributed by atoms with Crippen molar-refractivity contribution in [1.82, 2.24) is 5.32 Å². The van der Waals surface area contributed by atoms with Gasteiger partial charge in [-0.15, -0.1) is 0 Å². The van der Waals surface area contributed by atoms with Crippen molar-refractivity contribution in [2.75, 3.05) is 4.90 Å². The summed E-state index contributed by atoms with van der Waals surface area (Å²) in [6, 6.07) is 3.90. The summed E-state index contributed by atoms with van der Waals surface area (Å²) in [7, 11) is 0. The number of amides is 2. The number of nitrogens with one attached hydrogen (secondary N) is 1. The number of piperazine rings is 1. The molecule has 108 valence electrons. The highest BCUT2D eigenvalue weighted by molar-refractivity contribution is 6.42. The molecule has 0 radical (unpaired) electrons. The van der Waals surface area contributed by atoms with Gasteiger partial charge < -0.3 is 5.32 Å². The molecule has 1 fully saturated rings. The van der Waals surface area contributed by atoms with Crippen LogP contribution in [-0.2, 0) is 9.59 Å². The average molecular weight is 315 g/mol. The highest BCUT2D eigenvalue weighted by atomic mass is 35.5. The Kier molecular flexibility index (Phi) is 4.55. The van der Waals surface area contributed by atoms with Gasteiger partial charge >= 0.3 is 0 Å². The van der Waals surface area contributed by atoms with Crippen LogP contribution < -0.4 is 10.2 Å². The molecule has 1 saturated heterocycles. The fraction of sp³-hybridized carbons (Fsp3) is 0.429. The first kappa shape index (κ1) is 15.1. The van der Waals surface area contributed by atoms with E-state index in [-0.39, 0.29) is 11.8 Å². The second-order valence-corrected chi connectivity index (χ2v) is 5.65. The number of halogens is 2. The van der Waals surface area contributed by atoms with E-state index in [0.29, 0.717) is 22.2 Å². The van der Waals surface area contributed by atoms with Gasteiger partial charge in [0.2, 0.25) is 11.8 Å². The zero-order valence-corrected chi connectivity index (χ0v) is 12.8. The predicted octanol–water partition coefficient (Wildman–Crippen LogP) is 3.01. The van der Waals surface area contributed by atoms with Crippen molar-refractivity contribution < 1.29 is 9.59 Å². The summed E-state index contributed by atoms with van der Waals surface area (Å²) < 4.78 is 0. The van der Waals surface area contributed by atoms with Crippen LogP contribution >= 0.6 is 23.2 Å². The molecular formula is C14H16Cl2N2O2. The fourth-order valence-corrected chi connectivity index (χ4v) is 2.59. The van der Waals surface area contributed by atoms with E-state index in [1.54, 1.807) is 25.1 Å². The Hall–Kier alpha value is -1.26. The van der Waals surface area contributed by atoms with Gasteiger partial charge in [-0.3, -0.25) is 14.5 Å². The number of hydrogen-bond acceptors (Lipinski definition) is 2. The first-order chi connectivity index (χ1) is 9.45. The molecule has 2 rings (SSSR count). The van der Waals surface area contributed by atoms with Gasteiger partial charge in [0.1, 0.15) is 12.1 Å². The molecule has 2 atom stereocenters. The lowest BCUT2D eigenvalue weighted by Gasteiger charge is -2.37. The van der Waals surface area contributed by atoms with Crippen LogP contribution in [0.5, 0.6) is 0 Å². The van der Waals surface area contributed by atoms with E-state index in [1.165, 1.54) is 4.90 Å². The first-order valence-electron chi connectivity index (χ1n) is 6.54. The van der Waals surface area contributed by atoms with E-state index in [1.807, 2.05) is 6.92 Å². The van der Waals surface area contributed by atoms with Gasteiger partial charge in [0.05, 0.1) is 10.0 Å². The summed E-state index contributed by atoms with van der Waals surface area (Å²) >= 11 is 11.9. The third kappa shape index (κ3) is 2.76. The van der Waals surface area contributed by atoms with Crippen molar-refractivity contribution in [3.63, 3.8) is 0 Å². The van der Waals surface area contributed by atoms with Crippen molar-refractivity contribution in [3.05, 3.63) is 28.2 Å². The molecule has 1 aromatic carbocycles. The van der Waals surface area contributed by atoms with Gasteiger partial charge in [0.15, 0.2) is 0 Å². The van der Waals surface area contributed by atoms with Crippen molar-refractivity contribution in [3.8, 4) is 0 Å². The number of rotatable bonds is 3. The van der Waals surface area contributed by atoms with Crippen LogP contribution in [0.3, 0.4) is 0 Å². The van der Waals surface area contributed by atoms with Crippen LogP contribution in [-0.4, -0.2) is 23.9 Å². The second kappa shape index (κ2) is 6.02. The maximum atomic E-state index is 12.5. The SMILES string of the molecule is CCCC1NC(=O)C(C)N(c2ccc(Cl)c(Cl)c2)C1=O. The first-order valence-corrected chi connectivity index (χ1v) is 7.29. The number of benzene rings is 1. The maximum absolute atomic E-state index is 12.5. The molecule has 0 aliphatic carbocycles. The van der Waals surface area contributed by atoms with Crippen molar-refractivity contribution in [2.24, 2.45) is 0 Å². The molecule has 0 spiro atoms. The molecule has 1 aliphatic heterocycles. The Morgan fingerprint density at radius 3 is 2.55 bits per heavy atom. The van der Waals surface area contributed by atoms with Crippen LogP contribution in [0.4, 0.5) is 5.69 Å². The summed E-state index contributed by atoms with van der Waals surface area (Å²) in [6.45, 7) is 3.67. The number of anilines is 1. The Labute approximate surface area is 128 Å². The van der Waals surface area contributed by atoms with Crippen molar-refractivity contribution in [1.29, 1.82) is 0 Å². The number of hydrogen-bond donors (Lipinski definition) is 1. The Morgan fingerprint density at radius 2 is 1.95 bits per heavy atom. The largest absolute Gasteiger partial charge is 0.342 e. The second-order valence-electron chi connectivity index (χ2n) is 4.83. The fourth-order valence-electron chi connectivity index (χ4n) is 2.30. The minimum Gasteiger partial charge on any atom is -0.342 e. The van der Waals surface area contributed by atoms with Crippen LogP contribution in [0.15, 0.2) is 18.2 Å². The monoisotopic (exact) mass is 314 g/mol. The smallest absolute Gasteiger partial charge is 0.250 e. The molecular weight excluding hydrogens is 299 g/mol. The average Bonchev–Trinajstić information content (AvgIpc) is 2.40. The van der Waals surface area contributed by atoms with E-state index >= 15 is 0 Å². The predicted molar refractivity (Wildman–Crippen MR) is 80.2 cm³/mol. The Morgan fingerprint density at radius 1 is 1.25 bits per heavy atom. The topological polar surface area (TPSA) is 49.4 Å². The highest BCUT2D eigenvalue weighted by Gasteiger charge is 2.38. The van der Waals surface area contributed by atoms with Crippen LogP contribution in [0, 0.1) is 0 Å². The normalized spacial score (nSPS) is 22.9. The van der Waals surface area contributed by atoms with E-state index in [0.717, 1.165) is 6.42 Å². The Balaban J connectivity index is 2.37. The minimum absolute atomic E-state index is 0.114. The molecule has 0 aromatic heterocycles. The molecule has 1 heterocycles. The van der Waals surface area contributed by atoms with E-state index in [4.69, 9.17) is 23.2 Å². The number of nitrogens with zero attached hydrogens (tertiary/aromatic N) is 1. The zero-order chi connectivity index (χ0) is 14.9. The summed E-state index contributed by atoms with van der Waals surface area (Å²) in [5, 5.41) is 3.54. The third-order valence-electron chi connectivity index (χ3n) is 3.38. The molecule has 4 nitrogen and oxygen atoms in total. The standard InChI is InChI=1S/C14H16Cl2N2O2/c1-3-4-12-14(20)18(8(2)13(19)17-12)9-5-6-10(15)11(16)7-9/h5-8,12H,3-4H2,1-2H3,(H,17,19). The highest BCUT2D eigenvalue weighted by Crippen LogP contribution is 2.30. The summed E-state index contributed by atoms with van der Waals surface area (Å²) in [6.07, 6.45) is 1.44. The van der Waals surface area contributed by atoms with Gasteiger partial charge in [-0.05, 0) is 31.5 Å². The summed E-state index contributed by atoms with van der Waals surface area (Å²) in [5.41, 5.74) is 0.591. The van der Waals surface area contributed by atoms with Gasteiger partial charge in [-0.2, -0.15) is 0 Å². The zero-order valence-electron chi connectivity index (χ0n) is 11.3. The third-order valence-corrected chi connectivity index (χ3v) is 4.12. The molecule has 0 bridgehead atoms. The summed E-state index contributed by atoms with van der Waals surface area (Å²) in [5.74, 6) is -0.272. The molecule has 1 N–H and O–H groups in total. The molecule has 0 saturated carbocycles. The molecule has 2 amide bonds. The van der Waals surface area contributed by atoms with E-state index < -0.39 is 12.1 Å². The molecule has 20 heavy (non-hydrogen) atoms. The van der Waals surface area contributed by atoms with Crippen molar-refractivity contribution >= 4 is 40.7 Å². The summed E-state index contributed by atoms with van der Waals surface area (Å²) in [4.78, 5) is 26.0. The van der Waals surface area contributed by atoms with Crippen LogP contribution in [0.1, 0.15) is 26.7 Å². The van der Waals surface area contributed by atoms with E-state index in [9.17, 15) is 9.59 Å². The van der Waals surface area contributed by atoms with Crippen molar-refractivity contribution in [2.45, 2.75) is 38.8 Å². The molecule has 1 aliphatic rings. The van der Waals surface area contributed by atoms with Gasteiger partial charge in [0.25, 0.3) is 0 Å². The van der Waals surface area contributed by atoms with Gasteiger partial charge in [0, 0.05) is 5.69 Å². The molecule has 2 unspecified atom stereocenters. The molecule has 1 aromatic rings. The number of carbonyl (C=O) groups excluding carboxylic acids is 2. The van der Waals surface area contributed by atoms with Gasteiger partial charge in [-0.25, -0.2) is 0 Å². The van der Waals surface area contributed by atoms with Crippen LogP contribution in [0.25, 0.3) is 0 Å². The minimum atomic E-state index is -0.562. The lowest BCUT2D eigenvalue weighted by Crippen LogP contribution is -2.62. The lowest BCUT2D eigenvalue weighted by molar-refractivity contribution is -0.133. The maximum Gasteiger partial charge on any atom is 0.250 e. The molecule has 6 heteroatoms. The van der Waals surface area contributed by atoms with Crippen LogP contribution in [0.2, 0.25) is 10.0 Å². The number of carbonyl (C=O) groups is 2. The van der Waals surface area contributed by atoms with Gasteiger partial charge in [-0.1, -0.05) is 36.5 Å². The quantitative estimate of drug-likeness (QED) is 0.932.